The van der Waals surface area contributed by atoms with Crippen LogP contribution in [-0.4, -0.2) is 68.7 Å². The quantitative estimate of drug-likeness (QED) is 0.754. The highest BCUT2D eigenvalue weighted by Gasteiger charge is 2.38. The molecule has 1 saturated heterocycles. The first-order valence-electron chi connectivity index (χ1n) is 8.38. The van der Waals surface area contributed by atoms with E-state index in [1.54, 1.807) is 0 Å². The molecule has 0 spiro atoms. The van der Waals surface area contributed by atoms with Gasteiger partial charge in [0.25, 0.3) is 0 Å². The van der Waals surface area contributed by atoms with Crippen LogP contribution in [0.25, 0.3) is 0 Å². The highest BCUT2D eigenvalue weighted by molar-refractivity contribution is 6.20. The maximum Gasteiger partial charge on any atom is 0.335 e. The number of fused-ring (bicyclic) bond motifs is 1. The zero-order chi connectivity index (χ0) is 17.2. The number of esters is 1. The van der Waals surface area contributed by atoms with E-state index in [9.17, 15) is 4.79 Å². The van der Waals surface area contributed by atoms with Crippen molar-refractivity contribution in [1.82, 2.24) is 4.90 Å². The van der Waals surface area contributed by atoms with Crippen LogP contribution >= 0.6 is 0 Å². The fraction of sp³-hybridized carbons (Fsp3) is 0.389. The lowest BCUT2D eigenvalue weighted by molar-refractivity contribution is -0.141. The number of guanidine groups is 1. The van der Waals surface area contributed by atoms with Crippen molar-refractivity contribution in [1.29, 1.82) is 0 Å². The zero-order valence-corrected chi connectivity index (χ0v) is 14.1. The van der Waals surface area contributed by atoms with Gasteiger partial charge in [0.2, 0.25) is 5.96 Å². The Balaban J connectivity index is 1.71. The largest absolute Gasteiger partial charge is 0.467 e. The second kappa shape index (κ2) is 6.68. The Hall–Kier alpha value is -2.67. The van der Waals surface area contributed by atoms with Gasteiger partial charge in [-0.1, -0.05) is 24.3 Å². The van der Waals surface area contributed by atoms with E-state index in [0.29, 0.717) is 38.8 Å². The lowest BCUT2D eigenvalue weighted by atomic mass is 10.1. The molecule has 25 heavy (non-hydrogen) atoms. The molecule has 7 heteroatoms. The molecular weight excluding hydrogens is 320 g/mol. The van der Waals surface area contributed by atoms with E-state index in [1.807, 2.05) is 36.4 Å². The molecule has 1 aromatic rings. The van der Waals surface area contributed by atoms with Crippen LogP contribution < -0.4 is 4.90 Å². The van der Waals surface area contributed by atoms with Gasteiger partial charge in [-0.3, -0.25) is 0 Å². The molecule has 0 N–H and O–H groups in total. The first-order chi connectivity index (χ1) is 12.3. The van der Waals surface area contributed by atoms with Crippen molar-refractivity contribution in [3.05, 3.63) is 42.0 Å². The van der Waals surface area contributed by atoms with Gasteiger partial charge in [0.15, 0.2) is 6.04 Å². The molecule has 1 unspecified atom stereocenters. The third-order valence-corrected chi connectivity index (χ3v) is 4.54. The van der Waals surface area contributed by atoms with Crippen molar-refractivity contribution in [2.24, 2.45) is 9.98 Å². The van der Waals surface area contributed by atoms with Gasteiger partial charge >= 0.3 is 5.97 Å². The highest BCUT2D eigenvalue weighted by atomic mass is 16.5. The summed E-state index contributed by atoms with van der Waals surface area (Å²) >= 11 is 0. The summed E-state index contributed by atoms with van der Waals surface area (Å²) in [5.41, 5.74) is 1.85. The molecule has 1 fully saturated rings. The number of hydrogen-bond donors (Lipinski definition) is 0. The van der Waals surface area contributed by atoms with E-state index in [4.69, 9.17) is 14.5 Å². The first-order valence-corrected chi connectivity index (χ1v) is 8.38. The second-order valence-electron chi connectivity index (χ2n) is 6.00. The van der Waals surface area contributed by atoms with Crippen LogP contribution in [0.4, 0.5) is 5.69 Å². The molecule has 0 saturated carbocycles. The number of methoxy groups -OCH3 is 1. The van der Waals surface area contributed by atoms with Crippen LogP contribution in [0.15, 0.2) is 52.0 Å². The number of benzene rings is 1. The number of amidine groups is 1. The summed E-state index contributed by atoms with van der Waals surface area (Å²) in [5.74, 6) is 0.992. The molecule has 3 heterocycles. The smallest absolute Gasteiger partial charge is 0.335 e. The molecule has 1 aromatic carbocycles. The van der Waals surface area contributed by atoms with E-state index in [1.165, 1.54) is 7.11 Å². The van der Waals surface area contributed by atoms with Gasteiger partial charge in [0.1, 0.15) is 5.84 Å². The number of aliphatic imine (C=N–C) groups is 2. The second-order valence-corrected chi connectivity index (χ2v) is 6.00. The van der Waals surface area contributed by atoms with Crippen LogP contribution in [0.3, 0.4) is 0 Å². The zero-order valence-electron chi connectivity index (χ0n) is 14.1. The van der Waals surface area contributed by atoms with Crippen molar-refractivity contribution < 1.29 is 14.3 Å². The van der Waals surface area contributed by atoms with Crippen molar-refractivity contribution in [3.8, 4) is 0 Å². The molecule has 1 atom stereocenters. The number of carbonyl (C=O) groups excluding carboxylic acids is 1. The SMILES string of the molecule is COC(=O)C1N=C(N2CCOCC2)N=C2C1=CCN2c1ccccc1. The number of carbonyl (C=O) groups is 1. The normalized spacial score (nSPS) is 22.8. The lowest BCUT2D eigenvalue weighted by Crippen LogP contribution is -2.45. The maximum absolute atomic E-state index is 12.3. The van der Waals surface area contributed by atoms with E-state index in [0.717, 1.165) is 17.1 Å². The van der Waals surface area contributed by atoms with Gasteiger partial charge in [0.05, 0.1) is 20.3 Å². The van der Waals surface area contributed by atoms with Gasteiger partial charge < -0.3 is 19.3 Å². The summed E-state index contributed by atoms with van der Waals surface area (Å²) in [4.78, 5) is 25.8. The Morgan fingerprint density at radius 3 is 2.72 bits per heavy atom. The Kier molecular flexibility index (Phi) is 4.23. The molecule has 3 aliphatic rings. The van der Waals surface area contributed by atoms with Crippen LogP contribution in [0, 0.1) is 0 Å². The van der Waals surface area contributed by atoms with Gasteiger partial charge in [-0.15, -0.1) is 0 Å². The number of rotatable bonds is 2. The Bertz CT molecular complexity index is 751. The van der Waals surface area contributed by atoms with E-state index < -0.39 is 6.04 Å². The predicted molar refractivity (Wildman–Crippen MR) is 94.9 cm³/mol. The van der Waals surface area contributed by atoms with Crippen LogP contribution in [-0.2, 0) is 14.3 Å². The third-order valence-electron chi connectivity index (χ3n) is 4.54. The minimum atomic E-state index is -0.663. The number of para-hydroxylation sites is 1. The number of nitrogens with zero attached hydrogens (tertiary/aromatic N) is 4. The van der Waals surface area contributed by atoms with Crippen LogP contribution in [0.5, 0.6) is 0 Å². The van der Waals surface area contributed by atoms with Crippen molar-refractivity contribution in [3.63, 3.8) is 0 Å². The topological polar surface area (TPSA) is 66.7 Å². The van der Waals surface area contributed by atoms with Crippen molar-refractivity contribution in [2.75, 3.05) is 44.9 Å². The van der Waals surface area contributed by atoms with E-state index in [-0.39, 0.29) is 5.97 Å². The van der Waals surface area contributed by atoms with Gasteiger partial charge in [-0.25, -0.2) is 9.79 Å². The summed E-state index contributed by atoms with van der Waals surface area (Å²) < 4.78 is 10.4. The van der Waals surface area contributed by atoms with Crippen LogP contribution in [0.2, 0.25) is 0 Å². The summed E-state index contributed by atoms with van der Waals surface area (Å²) in [6, 6.07) is 9.37. The van der Waals surface area contributed by atoms with Crippen LogP contribution in [0.1, 0.15) is 0 Å². The maximum atomic E-state index is 12.3. The molecule has 3 aliphatic heterocycles. The minimum Gasteiger partial charge on any atom is -0.467 e. The van der Waals surface area contributed by atoms with Crippen molar-refractivity contribution in [2.45, 2.75) is 6.04 Å². The molecule has 7 nitrogen and oxygen atoms in total. The Morgan fingerprint density at radius 2 is 2.00 bits per heavy atom. The fourth-order valence-corrected chi connectivity index (χ4v) is 3.23. The van der Waals surface area contributed by atoms with Gasteiger partial charge in [0, 0.05) is 30.9 Å². The number of ether oxygens (including phenoxy) is 2. The van der Waals surface area contributed by atoms with Gasteiger partial charge in [-0.2, -0.15) is 4.99 Å². The van der Waals surface area contributed by atoms with E-state index in [2.05, 4.69) is 14.8 Å². The minimum absolute atomic E-state index is 0.362. The Morgan fingerprint density at radius 1 is 1.24 bits per heavy atom. The standard InChI is InChI=1S/C18H20N4O3/c1-24-17(23)15-14-7-8-22(13-5-3-2-4-6-13)16(14)20-18(19-15)21-9-11-25-12-10-21/h2-7,15H,8-12H2,1H3. The number of anilines is 1. The molecule has 0 bridgehead atoms. The highest BCUT2D eigenvalue weighted by Crippen LogP contribution is 2.28. The molecule has 0 amide bonds. The van der Waals surface area contributed by atoms with E-state index >= 15 is 0 Å². The Labute approximate surface area is 146 Å². The third kappa shape index (κ3) is 2.91. The molecule has 0 aliphatic carbocycles. The molecule has 4 rings (SSSR count). The summed E-state index contributed by atoms with van der Waals surface area (Å²) in [6.07, 6.45) is 2.01. The lowest BCUT2D eigenvalue weighted by Gasteiger charge is -2.32. The average molecular weight is 340 g/mol. The molecule has 0 radical (unpaired) electrons. The number of morpholine rings is 1. The fourth-order valence-electron chi connectivity index (χ4n) is 3.23. The molecule has 130 valence electrons. The van der Waals surface area contributed by atoms with Gasteiger partial charge in [-0.05, 0) is 12.1 Å². The summed E-state index contributed by atoms with van der Waals surface area (Å²) in [5, 5.41) is 0. The summed E-state index contributed by atoms with van der Waals surface area (Å²) in [7, 11) is 1.39. The molecule has 0 aromatic heterocycles. The molecular formula is C18H20N4O3. The average Bonchev–Trinajstić information content (AvgIpc) is 3.12. The first kappa shape index (κ1) is 15.8. The monoisotopic (exact) mass is 340 g/mol. The summed E-state index contributed by atoms with van der Waals surface area (Å²) in [6.45, 7) is 3.37. The predicted octanol–water partition coefficient (Wildman–Crippen LogP) is 1.07. The van der Waals surface area contributed by atoms with Crippen molar-refractivity contribution >= 4 is 23.5 Å². The number of hydrogen-bond acceptors (Lipinski definition) is 7.